The Kier molecular flexibility index (Phi) is 6.57. The Hall–Kier alpha value is -4.00. The molecule has 5 rings (SSSR count). The lowest BCUT2D eigenvalue weighted by atomic mass is 9.95. The van der Waals surface area contributed by atoms with Crippen LogP contribution in [0, 0.1) is 5.92 Å². The van der Waals surface area contributed by atoms with Crippen molar-refractivity contribution in [1.29, 1.82) is 0 Å². The summed E-state index contributed by atoms with van der Waals surface area (Å²) in [6, 6.07) is 19.8. The topological polar surface area (TPSA) is 71.3 Å². The van der Waals surface area contributed by atoms with Crippen LogP contribution < -0.4 is 0 Å². The third-order valence-corrected chi connectivity index (χ3v) is 6.71. The number of nitrogens with zero attached hydrogens (tertiary/aromatic N) is 5. The van der Waals surface area contributed by atoms with Crippen molar-refractivity contribution in [2.45, 2.75) is 19.9 Å². The number of pyridine rings is 1. The summed E-state index contributed by atoms with van der Waals surface area (Å²) >= 11 is 0. The van der Waals surface area contributed by atoms with Gasteiger partial charge in [0.25, 0.3) is 5.91 Å². The second kappa shape index (κ2) is 10.1. The van der Waals surface area contributed by atoms with Gasteiger partial charge in [-0.2, -0.15) is 5.10 Å². The number of hydrogen-bond donors (Lipinski definition) is 0. The Morgan fingerprint density at radius 1 is 0.886 bits per heavy atom. The first kappa shape index (κ1) is 22.8. The molecule has 1 fully saturated rings. The van der Waals surface area contributed by atoms with Gasteiger partial charge in [0, 0.05) is 62.6 Å². The van der Waals surface area contributed by atoms with E-state index in [0.717, 1.165) is 22.9 Å². The Labute approximate surface area is 205 Å². The molecular weight excluding hydrogens is 438 g/mol. The van der Waals surface area contributed by atoms with E-state index in [9.17, 15) is 9.59 Å². The van der Waals surface area contributed by atoms with Crippen molar-refractivity contribution >= 4 is 22.7 Å². The summed E-state index contributed by atoms with van der Waals surface area (Å²) in [5.74, 6) is 0.167. The Balaban J connectivity index is 1.42. The maximum Gasteiger partial charge on any atom is 0.254 e. The molecule has 0 spiro atoms. The van der Waals surface area contributed by atoms with Gasteiger partial charge in [-0.25, -0.2) is 0 Å². The van der Waals surface area contributed by atoms with Crippen LogP contribution in [0.4, 0.5) is 0 Å². The van der Waals surface area contributed by atoms with Crippen LogP contribution in [0.3, 0.4) is 0 Å². The molecule has 7 nitrogen and oxygen atoms in total. The standard InChI is InChI=1S/C28H29N5O2/c1-21(34)31-15-16-32(28(35)26-9-3-2-7-24(26)20-33-14-6-13-30-33)19-22(18-31)17-23-8-4-11-27-25(23)10-5-12-29-27/h2-14,22H,15-20H2,1H3/t22-/m1/s1. The second-order valence-electron chi connectivity index (χ2n) is 9.13. The number of rotatable bonds is 5. The zero-order chi connectivity index (χ0) is 24.2. The molecule has 35 heavy (non-hydrogen) atoms. The highest BCUT2D eigenvalue weighted by molar-refractivity contribution is 5.95. The molecule has 7 heteroatoms. The molecule has 2 amide bonds. The van der Waals surface area contributed by atoms with Crippen molar-refractivity contribution in [3.05, 3.63) is 95.9 Å². The molecule has 0 aliphatic carbocycles. The number of aromatic nitrogens is 3. The minimum atomic E-state index is 0.00254. The van der Waals surface area contributed by atoms with Crippen LogP contribution in [0.25, 0.3) is 10.9 Å². The van der Waals surface area contributed by atoms with E-state index in [2.05, 4.69) is 22.2 Å². The summed E-state index contributed by atoms with van der Waals surface area (Å²) in [5.41, 5.74) is 3.78. The first-order valence-corrected chi connectivity index (χ1v) is 12.0. The summed E-state index contributed by atoms with van der Waals surface area (Å²) in [6.45, 7) is 4.42. The molecule has 0 saturated carbocycles. The fourth-order valence-corrected chi connectivity index (χ4v) is 4.97. The Morgan fingerprint density at radius 3 is 2.51 bits per heavy atom. The van der Waals surface area contributed by atoms with Gasteiger partial charge in [-0.15, -0.1) is 0 Å². The molecule has 3 heterocycles. The molecule has 1 aliphatic rings. The van der Waals surface area contributed by atoms with E-state index in [-0.39, 0.29) is 17.7 Å². The molecule has 0 N–H and O–H groups in total. The molecule has 1 atom stereocenters. The predicted octanol–water partition coefficient (Wildman–Crippen LogP) is 3.64. The molecule has 2 aromatic heterocycles. The highest BCUT2D eigenvalue weighted by atomic mass is 16.2. The lowest BCUT2D eigenvalue weighted by molar-refractivity contribution is -0.129. The van der Waals surface area contributed by atoms with Gasteiger partial charge in [0.2, 0.25) is 5.91 Å². The number of carbonyl (C=O) groups is 2. The predicted molar refractivity (Wildman–Crippen MR) is 135 cm³/mol. The number of benzene rings is 2. The Bertz CT molecular complexity index is 1330. The monoisotopic (exact) mass is 467 g/mol. The lowest BCUT2D eigenvalue weighted by Gasteiger charge is -2.25. The summed E-state index contributed by atoms with van der Waals surface area (Å²) in [7, 11) is 0. The molecule has 4 aromatic rings. The van der Waals surface area contributed by atoms with E-state index in [1.54, 1.807) is 19.3 Å². The van der Waals surface area contributed by atoms with Gasteiger partial charge in [-0.05, 0) is 47.7 Å². The molecular formula is C28H29N5O2. The fourth-order valence-electron chi connectivity index (χ4n) is 4.97. The molecule has 1 aliphatic heterocycles. The molecule has 0 radical (unpaired) electrons. The third-order valence-electron chi connectivity index (χ3n) is 6.71. The number of carbonyl (C=O) groups excluding carboxylic acids is 2. The van der Waals surface area contributed by atoms with Crippen molar-refractivity contribution in [1.82, 2.24) is 24.6 Å². The van der Waals surface area contributed by atoms with Gasteiger partial charge in [-0.3, -0.25) is 19.3 Å². The molecule has 2 aromatic carbocycles. The zero-order valence-corrected chi connectivity index (χ0v) is 19.9. The van der Waals surface area contributed by atoms with Crippen LogP contribution in [0.2, 0.25) is 0 Å². The van der Waals surface area contributed by atoms with Crippen LogP contribution in [0.15, 0.2) is 79.3 Å². The number of amides is 2. The first-order chi connectivity index (χ1) is 17.1. The van der Waals surface area contributed by atoms with Crippen molar-refractivity contribution < 1.29 is 9.59 Å². The van der Waals surface area contributed by atoms with E-state index in [4.69, 9.17) is 0 Å². The van der Waals surface area contributed by atoms with Crippen molar-refractivity contribution in [3.63, 3.8) is 0 Å². The van der Waals surface area contributed by atoms with E-state index < -0.39 is 0 Å². The molecule has 0 bridgehead atoms. The SMILES string of the molecule is CC(=O)N1CCN(C(=O)c2ccccc2Cn2cccn2)C[C@H](Cc2cccc3ncccc23)C1. The Morgan fingerprint density at radius 2 is 1.69 bits per heavy atom. The van der Waals surface area contributed by atoms with Crippen molar-refractivity contribution in [2.75, 3.05) is 26.2 Å². The maximum absolute atomic E-state index is 13.8. The third kappa shape index (κ3) is 5.09. The van der Waals surface area contributed by atoms with Gasteiger partial charge in [-0.1, -0.05) is 36.4 Å². The molecule has 0 unspecified atom stereocenters. The van der Waals surface area contributed by atoms with Gasteiger partial charge < -0.3 is 9.80 Å². The fraction of sp³-hybridized carbons (Fsp3) is 0.286. The van der Waals surface area contributed by atoms with Crippen LogP contribution in [0.5, 0.6) is 0 Å². The van der Waals surface area contributed by atoms with E-state index >= 15 is 0 Å². The normalized spacial score (nSPS) is 16.3. The quantitative estimate of drug-likeness (QED) is 0.449. The number of fused-ring (bicyclic) bond motifs is 1. The van der Waals surface area contributed by atoms with E-state index in [1.165, 1.54) is 5.56 Å². The van der Waals surface area contributed by atoms with Crippen molar-refractivity contribution in [3.8, 4) is 0 Å². The summed E-state index contributed by atoms with van der Waals surface area (Å²) < 4.78 is 1.82. The van der Waals surface area contributed by atoms with Crippen LogP contribution in [0.1, 0.15) is 28.4 Å². The van der Waals surface area contributed by atoms with Gasteiger partial charge in [0.1, 0.15) is 0 Å². The number of hydrogen-bond acceptors (Lipinski definition) is 4. The van der Waals surface area contributed by atoms with Crippen LogP contribution >= 0.6 is 0 Å². The van der Waals surface area contributed by atoms with E-state index in [1.807, 2.05) is 69.2 Å². The largest absolute Gasteiger partial charge is 0.341 e. The summed E-state index contributed by atoms with van der Waals surface area (Å²) in [5, 5.41) is 5.42. The summed E-state index contributed by atoms with van der Waals surface area (Å²) in [6.07, 6.45) is 6.21. The average molecular weight is 468 g/mol. The zero-order valence-electron chi connectivity index (χ0n) is 19.9. The minimum Gasteiger partial charge on any atom is -0.341 e. The van der Waals surface area contributed by atoms with E-state index in [0.29, 0.717) is 38.3 Å². The van der Waals surface area contributed by atoms with Gasteiger partial charge in [0.15, 0.2) is 0 Å². The highest BCUT2D eigenvalue weighted by Crippen LogP contribution is 2.23. The van der Waals surface area contributed by atoms with Crippen molar-refractivity contribution in [2.24, 2.45) is 5.92 Å². The summed E-state index contributed by atoms with van der Waals surface area (Å²) in [4.78, 5) is 34.4. The van der Waals surface area contributed by atoms with Crippen LogP contribution in [-0.4, -0.2) is 62.6 Å². The molecule has 178 valence electrons. The highest BCUT2D eigenvalue weighted by Gasteiger charge is 2.29. The first-order valence-electron chi connectivity index (χ1n) is 12.0. The second-order valence-corrected chi connectivity index (χ2v) is 9.13. The average Bonchev–Trinajstić information content (AvgIpc) is 3.29. The minimum absolute atomic E-state index is 0.00254. The lowest BCUT2D eigenvalue weighted by Crippen LogP contribution is -2.37. The molecule has 1 saturated heterocycles. The smallest absolute Gasteiger partial charge is 0.254 e. The van der Waals surface area contributed by atoms with Gasteiger partial charge in [0.05, 0.1) is 12.1 Å². The van der Waals surface area contributed by atoms with Crippen LogP contribution in [-0.2, 0) is 17.8 Å². The maximum atomic E-state index is 13.8. The van der Waals surface area contributed by atoms with Gasteiger partial charge >= 0.3 is 0 Å².